The molecule has 0 saturated carbocycles. The highest BCUT2D eigenvalue weighted by Crippen LogP contribution is 2.18. The van der Waals surface area contributed by atoms with Gasteiger partial charge in [0.25, 0.3) is 0 Å². The van der Waals surface area contributed by atoms with Gasteiger partial charge in [-0.05, 0) is 22.4 Å². The summed E-state index contributed by atoms with van der Waals surface area (Å²) in [7, 11) is 2.02. The minimum absolute atomic E-state index is 0.624. The third kappa shape index (κ3) is 1.45. The fourth-order valence-corrected chi connectivity index (χ4v) is 1.65. The van der Waals surface area contributed by atoms with Gasteiger partial charge in [-0.25, -0.2) is 0 Å². The summed E-state index contributed by atoms with van der Waals surface area (Å²) in [5.74, 6) is 0. The topological polar surface area (TPSA) is 15.6 Å². The molecule has 0 aromatic rings. The van der Waals surface area contributed by atoms with E-state index in [4.69, 9.17) is 0 Å². The zero-order valence-corrected chi connectivity index (χ0v) is 7.35. The van der Waals surface area contributed by atoms with E-state index >= 15 is 0 Å². The SMILES string of the molecule is CCC1CC(Br)=NN1C. The number of hydrazone groups is 1. The van der Waals surface area contributed by atoms with Gasteiger partial charge < -0.3 is 0 Å². The molecule has 1 heterocycles. The van der Waals surface area contributed by atoms with Crippen LogP contribution >= 0.6 is 15.9 Å². The molecule has 1 atom stereocenters. The molecule has 0 aromatic carbocycles. The Morgan fingerprint density at radius 3 is 2.78 bits per heavy atom. The summed E-state index contributed by atoms with van der Waals surface area (Å²) in [6.45, 7) is 2.18. The van der Waals surface area contributed by atoms with Crippen LogP contribution in [-0.4, -0.2) is 22.7 Å². The summed E-state index contributed by atoms with van der Waals surface area (Å²) in [6, 6.07) is 0.624. The summed E-state index contributed by atoms with van der Waals surface area (Å²) in [5.41, 5.74) is 0. The molecule has 2 nitrogen and oxygen atoms in total. The third-order valence-corrected chi connectivity index (χ3v) is 2.15. The maximum atomic E-state index is 4.21. The van der Waals surface area contributed by atoms with Gasteiger partial charge >= 0.3 is 0 Å². The van der Waals surface area contributed by atoms with Crippen LogP contribution in [0, 0.1) is 0 Å². The molecule has 0 fully saturated rings. The maximum absolute atomic E-state index is 4.21. The lowest BCUT2D eigenvalue weighted by atomic mass is 10.2. The van der Waals surface area contributed by atoms with Crippen molar-refractivity contribution in [3.8, 4) is 0 Å². The number of nitrogens with zero attached hydrogens (tertiary/aromatic N) is 2. The van der Waals surface area contributed by atoms with Gasteiger partial charge in [0.2, 0.25) is 0 Å². The van der Waals surface area contributed by atoms with E-state index in [1.807, 2.05) is 12.1 Å². The van der Waals surface area contributed by atoms with Gasteiger partial charge in [0.1, 0.15) is 4.62 Å². The largest absolute Gasteiger partial charge is 0.296 e. The average molecular weight is 191 g/mol. The van der Waals surface area contributed by atoms with Crippen molar-refractivity contribution < 1.29 is 0 Å². The monoisotopic (exact) mass is 190 g/mol. The molecule has 52 valence electrons. The second-order valence-electron chi connectivity index (χ2n) is 2.32. The van der Waals surface area contributed by atoms with E-state index in [-0.39, 0.29) is 0 Å². The van der Waals surface area contributed by atoms with E-state index < -0.39 is 0 Å². The molecule has 0 amide bonds. The first-order valence-corrected chi connectivity index (χ1v) is 3.99. The standard InChI is InChI=1S/C6H11BrN2/c1-3-5-4-6(7)8-9(5)2/h5H,3-4H2,1-2H3. The minimum Gasteiger partial charge on any atom is -0.296 e. The smallest absolute Gasteiger partial charge is 0.105 e. The number of rotatable bonds is 1. The molecular formula is C6H11BrN2. The molecule has 0 radical (unpaired) electrons. The molecular weight excluding hydrogens is 180 g/mol. The normalized spacial score (nSPS) is 26.8. The zero-order valence-electron chi connectivity index (χ0n) is 5.76. The number of halogens is 1. The van der Waals surface area contributed by atoms with Crippen LogP contribution in [0.4, 0.5) is 0 Å². The second-order valence-corrected chi connectivity index (χ2v) is 3.23. The van der Waals surface area contributed by atoms with Crippen molar-refractivity contribution in [2.75, 3.05) is 7.05 Å². The lowest BCUT2D eigenvalue weighted by Crippen LogP contribution is -2.20. The first kappa shape index (κ1) is 7.06. The quantitative estimate of drug-likeness (QED) is 0.617. The van der Waals surface area contributed by atoms with Gasteiger partial charge in [0, 0.05) is 13.5 Å². The zero-order chi connectivity index (χ0) is 6.85. The summed E-state index contributed by atoms with van der Waals surface area (Å²) < 4.78 is 1.08. The first-order chi connectivity index (χ1) is 4.24. The Morgan fingerprint density at radius 2 is 2.56 bits per heavy atom. The van der Waals surface area contributed by atoms with E-state index in [1.165, 1.54) is 6.42 Å². The van der Waals surface area contributed by atoms with E-state index in [2.05, 4.69) is 28.0 Å². The van der Waals surface area contributed by atoms with Crippen LogP contribution in [0.15, 0.2) is 5.10 Å². The Labute approximate surface area is 64.1 Å². The van der Waals surface area contributed by atoms with Crippen molar-refractivity contribution in [1.29, 1.82) is 0 Å². The van der Waals surface area contributed by atoms with E-state index in [0.717, 1.165) is 11.0 Å². The first-order valence-electron chi connectivity index (χ1n) is 3.20. The van der Waals surface area contributed by atoms with Gasteiger partial charge in [-0.3, -0.25) is 5.01 Å². The van der Waals surface area contributed by atoms with Crippen molar-refractivity contribution in [3.05, 3.63) is 0 Å². The average Bonchev–Trinajstić information content (AvgIpc) is 2.10. The molecule has 3 heteroatoms. The van der Waals surface area contributed by atoms with Crippen LogP contribution in [0.1, 0.15) is 19.8 Å². The molecule has 0 saturated heterocycles. The Kier molecular flexibility index (Phi) is 2.11. The lowest BCUT2D eigenvalue weighted by Gasteiger charge is -2.15. The number of hydrogen-bond donors (Lipinski definition) is 0. The van der Waals surface area contributed by atoms with Crippen molar-refractivity contribution >= 4 is 20.6 Å². The van der Waals surface area contributed by atoms with Gasteiger partial charge in [-0.1, -0.05) is 6.92 Å². The number of hydrogen-bond acceptors (Lipinski definition) is 2. The fourth-order valence-electron chi connectivity index (χ4n) is 1.03. The van der Waals surface area contributed by atoms with Crippen LogP contribution in [0.3, 0.4) is 0 Å². The molecule has 1 rings (SSSR count). The Bertz CT molecular complexity index is 133. The molecule has 0 N–H and O–H groups in total. The molecule has 0 aromatic heterocycles. The van der Waals surface area contributed by atoms with Crippen LogP contribution in [0.2, 0.25) is 0 Å². The predicted molar refractivity (Wildman–Crippen MR) is 42.8 cm³/mol. The molecule has 0 aliphatic carbocycles. The van der Waals surface area contributed by atoms with Gasteiger partial charge in [-0.2, -0.15) is 5.10 Å². The van der Waals surface area contributed by atoms with Crippen molar-refractivity contribution in [1.82, 2.24) is 5.01 Å². The Balaban J connectivity index is 2.49. The van der Waals surface area contributed by atoms with Crippen molar-refractivity contribution in [2.45, 2.75) is 25.8 Å². The second kappa shape index (κ2) is 2.69. The maximum Gasteiger partial charge on any atom is 0.105 e. The summed E-state index contributed by atoms with van der Waals surface area (Å²) in [6.07, 6.45) is 2.25. The molecule has 9 heavy (non-hydrogen) atoms. The predicted octanol–water partition coefficient (Wildman–Crippen LogP) is 1.81. The molecule has 1 unspecified atom stereocenters. The lowest BCUT2D eigenvalue weighted by molar-refractivity contribution is 0.278. The van der Waals surface area contributed by atoms with Gasteiger partial charge in [-0.15, -0.1) is 0 Å². The van der Waals surface area contributed by atoms with Crippen LogP contribution < -0.4 is 0 Å². The summed E-state index contributed by atoms with van der Waals surface area (Å²) in [4.78, 5) is 0. The van der Waals surface area contributed by atoms with Gasteiger partial charge in [0.05, 0.1) is 6.04 Å². The van der Waals surface area contributed by atoms with Crippen LogP contribution in [-0.2, 0) is 0 Å². The van der Waals surface area contributed by atoms with Crippen LogP contribution in [0.25, 0.3) is 0 Å². The molecule has 1 aliphatic heterocycles. The molecule has 0 spiro atoms. The Hall–Kier alpha value is -0.0500. The fraction of sp³-hybridized carbons (Fsp3) is 0.833. The van der Waals surface area contributed by atoms with E-state index in [0.29, 0.717) is 6.04 Å². The van der Waals surface area contributed by atoms with E-state index in [9.17, 15) is 0 Å². The highest BCUT2D eigenvalue weighted by atomic mass is 79.9. The van der Waals surface area contributed by atoms with Gasteiger partial charge in [0.15, 0.2) is 0 Å². The molecule has 0 bridgehead atoms. The van der Waals surface area contributed by atoms with E-state index in [1.54, 1.807) is 0 Å². The van der Waals surface area contributed by atoms with Crippen molar-refractivity contribution in [3.63, 3.8) is 0 Å². The third-order valence-electron chi connectivity index (χ3n) is 1.67. The summed E-state index contributed by atoms with van der Waals surface area (Å²) in [5, 5.41) is 6.23. The van der Waals surface area contributed by atoms with Crippen molar-refractivity contribution in [2.24, 2.45) is 5.10 Å². The Morgan fingerprint density at radius 1 is 1.89 bits per heavy atom. The molecule has 1 aliphatic rings. The minimum atomic E-state index is 0.624. The summed E-state index contributed by atoms with van der Waals surface area (Å²) >= 11 is 3.37. The highest BCUT2D eigenvalue weighted by molar-refractivity contribution is 9.18. The highest BCUT2D eigenvalue weighted by Gasteiger charge is 2.19. The van der Waals surface area contributed by atoms with Crippen LogP contribution in [0.5, 0.6) is 0 Å².